The summed E-state index contributed by atoms with van der Waals surface area (Å²) in [7, 11) is 0. The Kier molecular flexibility index (Phi) is 4.30. The fourth-order valence-electron chi connectivity index (χ4n) is 2.25. The van der Waals surface area contributed by atoms with Gasteiger partial charge in [-0.2, -0.15) is 31.6 Å². The molecule has 1 heterocycles. The van der Waals surface area contributed by atoms with Crippen LogP contribution in [0, 0.1) is 0 Å². The van der Waals surface area contributed by atoms with E-state index in [0.717, 1.165) is 0 Å². The Morgan fingerprint density at radius 2 is 1.46 bits per heavy atom. The first-order valence-electron chi connectivity index (χ1n) is 7.04. The summed E-state index contributed by atoms with van der Waals surface area (Å²) < 4.78 is 77.7. The number of aromatic amines is 1. The van der Waals surface area contributed by atoms with E-state index < -0.39 is 23.5 Å². The van der Waals surface area contributed by atoms with Gasteiger partial charge in [-0.15, -0.1) is 10.2 Å². The SMILES string of the molecule is FC(F)(F)c1cc(Nc2ccccc2-c2nn[nH]n2)cc(C(F)(F)F)c1. The molecule has 2 N–H and O–H groups in total. The van der Waals surface area contributed by atoms with Crippen molar-refractivity contribution in [3.8, 4) is 11.4 Å². The zero-order valence-corrected chi connectivity index (χ0v) is 12.7. The van der Waals surface area contributed by atoms with Gasteiger partial charge in [0.1, 0.15) is 0 Å². The summed E-state index contributed by atoms with van der Waals surface area (Å²) >= 11 is 0. The van der Waals surface area contributed by atoms with Crippen molar-refractivity contribution in [1.82, 2.24) is 20.6 Å². The lowest BCUT2D eigenvalue weighted by molar-refractivity contribution is -0.143. The van der Waals surface area contributed by atoms with Crippen LogP contribution in [0.1, 0.15) is 11.1 Å². The monoisotopic (exact) mass is 373 g/mol. The molecule has 0 atom stereocenters. The first-order chi connectivity index (χ1) is 12.1. The minimum absolute atomic E-state index is 0.0657. The fourth-order valence-corrected chi connectivity index (χ4v) is 2.25. The molecule has 0 radical (unpaired) electrons. The number of hydrogen-bond donors (Lipinski definition) is 2. The van der Waals surface area contributed by atoms with Crippen molar-refractivity contribution in [2.24, 2.45) is 0 Å². The molecule has 0 aliphatic rings. The molecule has 0 fully saturated rings. The molecular weight excluding hydrogens is 364 g/mol. The van der Waals surface area contributed by atoms with Crippen LogP contribution in [0.2, 0.25) is 0 Å². The summed E-state index contributed by atoms with van der Waals surface area (Å²) in [5, 5.41) is 15.7. The molecule has 1 aromatic heterocycles. The van der Waals surface area contributed by atoms with Gasteiger partial charge in [0.2, 0.25) is 5.82 Å². The maximum absolute atomic E-state index is 12.9. The second-order valence-electron chi connectivity index (χ2n) is 5.20. The second-order valence-corrected chi connectivity index (χ2v) is 5.20. The standard InChI is InChI=1S/C15H9F6N5/c16-14(17,18)8-5-9(15(19,20)21)7-10(6-8)22-12-4-2-1-3-11(12)13-23-25-26-24-13/h1-7,22H,(H,23,24,25,26). The molecule has 0 saturated heterocycles. The molecule has 0 amide bonds. The van der Waals surface area contributed by atoms with Crippen molar-refractivity contribution >= 4 is 11.4 Å². The molecule has 0 spiro atoms. The maximum Gasteiger partial charge on any atom is 0.416 e. The molecule has 3 rings (SSSR count). The predicted molar refractivity (Wildman–Crippen MR) is 79.3 cm³/mol. The maximum atomic E-state index is 12.9. The van der Waals surface area contributed by atoms with Crippen LogP contribution >= 0.6 is 0 Å². The van der Waals surface area contributed by atoms with Crippen molar-refractivity contribution in [1.29, 1.82) is 0 Å². The van der Waals surface area contributed by atoms with Crippen LogP contribution in [-0.4, -0.2) is 20.6 Å². The van der Waals surface area contributed by atoms with Gasteiger partial charge < -0.3 is 5.32 Å². The van der Waals surface area contributed by atoms with Crippen molar-refractivity contribution in [2.75, 3.05) is 5.32 Å². The summed E-state index contributed by atoms with van der Waals surface area (Å²) in [6.45, 7) is 0. The summed E-state index contributed by atoms with van der Waals surface area (Å²) in [5.41, 5.74) is -2.62. The first-order valence-corrected chi connectivity index (χ1v) is 7.04. The van der Waals surface area contributed by atoms with Gasteiger partial charge in [0.25, 0.3) is 0 Å². The smallest absolute Gasteiger partial charge is 0.355 e. The van der Waals surface area contributed by atoms with Crippen LogP contribution in [0.3, 0.4) is 0 Å². The highest BCUT2D eigenvalue weighted by Gasteiger charge is 2.37. The van der Waals surface area contributed by atoms with Gasteiger partial charge in [-0.3, -0.25) is 0 Å². The van der Waals surface area contributed by atoms with E-state index in [9.17, 15) is 26.3 Å². The highest BCUT2D eigenvalue weighted by atomic mass is 19.4. The van der Waals surface area contributed by atoms with E-state index in [0.29, 0.717) is 17.7 Å². The molecule has 136 valence electrons. The lowest BCUT2D eigenvalue weighted by Crippen LogP contribution is -2.11. The second kappa shape index (κ2) is 6.32. The van der Waals surface area contributed by atoms with Crippen LogP contribution in [-0.2, 0) is 12.4 Å². The number of para-hydroxylation sites is 1. The largest absolute Gasteiger partial charge is 0.416 e. The lowest BCUT2D eigenvalue weighted by Gasteiger charge is -2.16. The van der Waals surface area contributed by atoms with Gasteiger partial charge in [-0.1, -0.05) is 12.1 Å². The predicted octanol–water partition coefficient (Wildman–Crippen LogP) is 4.65. The van der Waals surface area contributed by atoms with Gasteiger partial charge in [-0.05, 0) is 35.5 Å². The quantitative estimate of drug-likeness (QED) is 0.656. The Morgan fingerprint density at radius 1 is 0.846 bits per heavy atom. The van der Waals surface area contributed by atoms with E-state index in [1.54, 1.807) is 18.2 Å². The van der Waals surface area contributed by atoms with Crippen molar-refractivity contribution in [2.45, 2.75) is 12.4 Å². The Bertz CT molecular complexity index is 869. The van der Waals surface area contributed by atoms with Gasteiger partial charge in [0.15, 0.2) is 0 Å². The number of nitrogens with zero attached hydrogens (tertiary/aromatic N) is 3. The molecule has 0 aliphatic heterocycles. The van der Waals surface area contributed by atoms with Crippen LogP contribution in [0.15, 0.2) is 42.5 Å². The van der Waals surface area contributed by atoms with Gasteiger partial charge in [0, 0.05) is 16.9 Å². The highest BCUT2D eigenvalue weighted by Crippen LogP contribution is 2.38. The zero-order chi connectivity index (χ0) is 18.9. The van der Waals surface area contributed by atoms with Crippen molar-refractivity contribution in [3.05, 3.63) is 53.6 Å². The topological polar surface area (TPSA) is 66.5 Å². The average molecular weight is 373 g/mol. The van der Waals surface area contributed by atoms with Gasteiger partial charge in [0.05, 0.1) is 11.1 Å². The normalized spacial score (nSPS) is 12.2. The summed E-state index contributed by atoms with van der Waals surface area (Å²) in [5.74, 6) is 0.135. The van der Waals surface area contributed by atoms with E-state index in [4.69, 9.17) is 0 Å². The van der Waals surface area contributed by atoms with Gasteiger partial charge in [-0.25, -0.2) is 0 Å². The van der Waals surface area contributed by atoms with Crippen LogP contribution in [0.4, 0.5) is 37.7 Å². The Morgan fingerprint density at radius 3 is 2.00 bits per heavy atom. The average Bonchev–Trinajstić information content (AvgIpc) is 3.08. The third-order valence-electron chi connectivity index (χ3n) is 3.38. The van der Waals surface area contributed by atoms with E-state index >= 15 is 0 Å². The number of H-pyrrole nitrogens is 1. The number of rotatable bonds is 3. The molecule has 2 aromatic carbocycles. The minimum atomic E-state index is -4.93. The number of nitrogens with one attached hydrogen (secondary N) is 2. The number of hydrogen-bond acceptors (Lipinski definition) is 4. The molecule has 26 heavy (non-hydrogen) atoms. The molecule has 3 aromatic rings. The van der Waals surface area contributed by atoms with Gasteiger partial charge >= 0.3 is 12.4 Å². The molecular formula is C15H9F6N5. The van der Waals surface area contributed by atoms with E-state index in [1.165, 1.54) is 6.07 Å². The first kappa shape index (κ1) is 17.7. The zero-order valence-electron chi connectivity index (χ0n) is 12.7. The van der Waals surface area contributed by atoms with E-state index in [-0.39, 0.29) is 23.3 Å². The van der Waals surface area contributed by atoms with Crippen molar-refractivity contribution in [3.63, 3.8) is 0 Å². The third kappa shape index (κ3) is 3.76. The van der Waals surface area contributed by atoms with E-state index in [1.807, 2.05) is 0 Å². The molecule has 0 aliphatic carbocycles. The number of benzene rings is 2. The van der Waals surface area contributed by atoms with Crippen LogP contribution in [0.5, 0.6) is 0 Å². The number of alkyl halides is 6. The Balaban J connectivity index is 2.06. The summed E-state index contributed by atoms with van der Waals surface area (Å²) in [6, 6.07) is 7.46. The number of halogens is 6. The minimum Gasteiger partial charge on any atom is -0.355 e. The number of aromatic nitrogens is 4. The highest BCUT2D eigenvalue weighted by molar-refractivity contribution is 5.77. The van der Waals surface area contributed by atoms with Crippen LogP contribution in [0.25, 0.3) is 11.4 Å². The van der Waals surface area contributed by atoms with Crippen LogP contribution < -0.4 is 5.32 Å². The Labute approximate surface area is 142 Å². The lowest BCUT2D eigenvalue weighted by atomic mass is 10.1. The Hall–Kier alpha value is -3.11. The fraction of sp³-hybridized carbons (Fsp3) is 0.133. The summed E-state index contributed by atoms with van der Waals surface area (Å²) in [4.78, 5) is 0. The number of tetrazole rings is 1. The molecule has 0 saturated carbocycles. The number of anilines is 2. The summed E-state index contributed by atoms with van der Waals surface area (Å²) in [6.07, 6.45) is -9.85. The van der Waals surface area contributed by atoms with Crippen molar-refractivity contribution < 1.29 is 26.3 Å². The van der Waals surface area contributed by atoms with E-state index in [2.05, 4.69) is 25.9 Å². The molecule has 0 unspecified atom stereocenters. The molecule has 5 nitrogen and oxygen atoms in total. The molecule has 11 heteroatoms. The molecule has 0 bridgehead atoms. The third-order valence-corrected chi connectivity index (χ3v) is 3.38.